The fourth-order valence-electron chi connectivity index (χ4n) is 2.81. The SMILES string of the molecule is CCCn1c(CN)nnc1C1CCCCCC1. The molecule has 0 bridgehead atoms. The molecule has 96 valence electrons. The van der Waals surface area contributed by atoms with E-state index in [0.717, 1.165) is 18.8 Å². The summed E-state index contributed by atoms with van der Waals surface area (Å²) in [6.45, 7) is 3.70. The second-order valence-electron chi connectivity index (χ2n) is 5.02. The van der Waals surface area contributed by atoms with Gasteiger partial charge in [-0.15, -0.1) is 10.2 Å². The van der Waals surface area contributed by atoms with Crippen molar-refractivity contribution in [2.24, 2.45) is 5.73 Å². The Balaban J connectivity index is 2.20. The number of nitrogens with two attached hydrogens (primary N) is 1. The van der Waals surface area contributed by atoms with Gasteiger partial charge in [0.25, 0.3) is 0 Å². The Morgan fingerprint density at radius 1 is 1.18 bits per heavy atom. The summed E-state index contributed by atoms with van der Waals surface area (Å²) in [6.07, 6.45) is 9.08. The van der Waals surface area contributed by atoms with E-state index in [1.165, 1.54) is 44.3 Å². The molecule has 0 radical (unpaired) electrons. The van der Waals surface area contributed by atoms with Gasteiger partial charge in [0, 0.05) is 12.5 Å². The molecule has 1 heterocycles. The Hall–Kier alpha value is -0.900. The predicted molar refractivity (Wildman–Crippen MR) is 68.6 cm³/mol. The zero-order valence-corrected chi connectivity index (χ0v) is 10.9. The van der Waals surface area contributed by atoms with Gasteiger partial charge in [-0.05, 0) is 19.3 Å². The molecule has 0 atom stereocenters. The van der Waals surface area contributed by atoms with Crippen molar-refractivity contribution in [3.63, 3.8) is 0 Å². The van der Waals surface area contributed by atoms with Gasteiger partial charge in [0.15, 0.2) is 0 Å². The minimum atomic E-state index is 0.500. The molecule has 2 rings (SSSR count). The van der Waals surface area contributed by atoms with Crippen LogP contribution < -0.4 is 5.73 Å². The van der Waals surface area contributed by atoms with Crippen molar-refractivity contribution in [2.75, 3.05) is 0 Å². The molecular formula is C13H24N4. The largest absolute Gasteiger partial charge is 0.324 e. The third-order valence-electron chi connectivity index (χ3n) is 3.71. The smallest absolute Gasteiger partial charge is 0.146 e. The van der Waals surface area contributed by atoms with Gasteiger partial charge >= 0.3 is 0 Å². The highest BCUT2D eigenvalue weighted by Gasteiger charge is 2.21. The maximum Gasteiger partial charge on any atom is 0.146 e. The molecule has 1 aliphatic carbocycles. The summed E-state index contributed by atoms with van der Waals surface area (Å²) in [6, 6.07) is 0. The number of hydrogen-bond acceptors (Lipinski definition) is 3. The van der Waals surface area contributed by atoms with Crippen LogP contribution in [-0.4, -0.2) is 14.8 Å². The molecule has 0 aromatic carbocycles. The van der Waals surface area contributed by atoms with Crippen molar-refractivity contribution in [1.82, 2.24) is 14.8 Å². The van der Waals surface area contributed by atoms with Crippen LogP contribution in [-0.2, 0) is 13.1 Å². The van der Waals surface area contributed by atoms with Gasteiger partial charge in [-0.2, -0.15) is 0 Å². The third kappa shape index (κ3) is 2.86. The Bertz CT molecular complexity index is 337. The van der Waals surface area contributed by atoms with Gasteiger partial charge in [0.1, 0.15) is 11.6 Å². The summed E-state index contributed by atoms with van der Waals surface area (Å²) in [5.41, 5.74) is 5.73. The lowest BCUT2D eigenvalue weighted by atomic mass is 9.99. The Morgan fingerprint density at radius 2 is 1.88 bits per heavy atom. The Morgan fingerprint density at radius 3 is 2.47 bits per heavy atom. The highest BCUT2D eigenvalue weighted by molar-refractivity contribution is 5.03. The molecule has 2 N–H and O–H groups in total. The fourth-order valence-corrected chi connectivity index (χ4v) is 2.81. The van der Waals surface area contributed by atoms with Crippen LogP contribution in [0.25, 0.3) is 0 Å². The standard InChI is InChI=1S/C13H24N4/c1-2-9-17-12(10-14)15-16-13(17)11-7-5-3-4-6-8-11/h11H,2-10,14H2,1H3. The molecule has 4 heteroatoms. The molecule has 17 heavy (non-hydrogen) atoms. The highest BCUT2D eigenvalue weighted by Crippen LogP contribution is 2.30. The first kappa shape index (κ1) is 12.6. The number of aromatic nitrogens is 3. The highest BCUT2D eigenvalue weighted by atomic mass is 15.3. The maximum absolute atomic E-state index is 5.73. The number of rotatable bonds is 4. The second kappa shape index (κ2) is 6.15. The van der Waals surface area contributed by atoms with E-state index in [-0.39, 0.29) is 0 Å². The van der Waals surface area contributed by atoms with E-state index in [4.69, 9.17) is 5.73 Å². The summed E-state index contributed by atoms with van der Waals surface area (Å²) in [5.74, 6) is 2.75. The van der Waals surface area contributed by atoms with Gasteiger partial charge in [-0.3, -0.25) is 0 Å². The Kier molecular flexibility index (Phi) is 4.54. The first-order valence-electron chi connectivity index (χ1n) is 6.98. The molecule has 1 aromatic rings. The minimum absolute atomic E-state index is 0.500. The molecule has 1 aliphatic rings. The lowest BCUT2D eigenvalue weighted by molar-refractivity contribution is 0.509. The summed E-state index contributed by atoms with van der Waals surface area (Å²) < 4.78 is 2.26. The molecule has 0 amide bonds. The van der Waals surface area contributed by atoms with E-state index in [1.807, 2.05) is 0 Å². The molecular weight excluding hydrogens is 212 g/mol. The molecule has 0 aliphatic heterocycles. The van der Waals surface area contributed by atoms with E-state index in [2.05, 4.69) is 21.7 Å². The average Bonchev–Trinajstić information content (AvgIpc) is 2.58. The van der Waals surface area contributed by atoms with Crippen LogP contribution in [0.1, 0.15) is 69.4 Å². The van der Waals surface area contributed by atoms with Crippen LogP contribution in [0.3, 0.4) is 0 Å². The van der Waals surface area contributed by atoms with Gasteiger partial charge < -0.3 is 10.3 Å². The van der Waals surface area contributed by atoms with E-state index in [9.17, 15) is 0 Å². The molecule has 0 saturated heterocycles. The van der Waals surface area contributed by atoms with E-state index >= 15 is 0 Å². The summed E-state index contributed by atoms with van der Waals surface area (Å²) >= 11 is 0. The minimum Gasteiger partial charge on any atom is -0.324 e. The molecule has 1 fully saturated rings. The third-order valence-corrected chi connectivity index (χ3v) is 3.71. The first-order valence-corrected chi connectivity index (χ1v) is 6.98. The van der Waals surface area contributed by atoms with Crippen LogP contribution in [0.5, 0.6) is 0 Å². The first-order chi connectivity index (χ1) is 8.36. The summed E-state index contributed by atoms with van der Waals surface area (Å²) in [7, 11) is 0. The molecule has 1 saturated carbocycles. The van der Waals surface area contributed by atoms with Crippen LogP contribution in [0.15, 0.2) is 0 Å². The van der Waals surface area contributed by atoms with Crippen molar-refractivity contribution in [3.8, 4) is 0 Å². The summed E-state index contributed by atoms with van der Waals surface area (Å²) in [5, 5.41) is 8.65. The van der Waals surface area contributed by atoms with Gasteiger partial charge in [-0.25, -0.2) is 0 Å². The quantitative estimate of drug-likeness (QED) is 0.817. The molecule has 0 spiro atoms. The average molecular weight is 236 g/mol. The summed E-state index contributed by atoms with van der Waals surface area (Å²) in [4.78, 5) is 0. The van der Waals surface area contributed by atoms with Crippen molar-refractivity contribution in [3.05, 3.63) is 11.6 Å². The Labute approximate surface area is 104 Å². The van der Waals surface area contributed by atoms with Gasteiger partial charge in [-0.1, -0.05) is 32.6 Å². The van der Waals surface area contributed by atoms with Crippen LogP contribution in [0.4, 0.5) is 0 Å². The maximum atomic E-state index is 5.73. The van der Waals surface area contributed by atoms with E-state index in [0.29, 0.717) is 12.5 Å². The monoisotopic (exact) mass is 236 g/mol. The van der Waals surface area contributed by atoms with Gasteiger partial charge in [0.2, 0.25) is 0 Å². The topological polar surface area (TPSA) is 56.7 Å². The lowest BCUT2D eigenvalue weighted by Crippen LogP contribution is -2.13. The molecule has 0 unspecified atom stereocenters. The van der Waals surface area contributed by atoms with E-state index in [1.54, 1.807) is 0 Å². The van der Waals surface area contributed by atoms with Crippen LogP contribution in [0, 0.1) is 0 Å². The fraction of sp³-hybridized carbons (Fsp3) is 0.846. The van der Waals surface area contributed by atoms with Crippen molar-refractivity contribution >= 4 is 0 Å². The second-order valence-corrected chi connectivity index (χ2v) is 5.02. The van der Waals surface area contributed by atoms with Crippen LogP contribution in [0.2, 0.25) is 0 Å². The molecule has 4 nitrogen and oxygen atoms in total. The zero-order chi connectivity index (χ0) is 12.1. The van der Waals surface area contributed by atoms with E-state index < -0.39 is 0 Å². The zero-order valence-electron chi connectivity index (χ0n) is 10.9. The van der Waals surface area contributed by atoms with Crippen molar-refractivity contribution in [2.45, 2.75) is 70.9 Å². The normalized spacial score (nSPS) is 18.2. The van der Waals surface area contributed by atoms with Gasteiger partial charge in [0.05, 0.1) is 6.54 Å². The number of nitrogens with zero attached hydrogens (tertiary/aromatic N) is 3. The lowest BCUT2D eigenvalue weighted by Gasteiger charge is -2.15. The van der Waals surface area contributed by atoms with Crippen molar-refractivity contribution in [1.29, 1.82) is 0 Å². The predicted octanol–water partition coefficient (Wildman–Crippen LogP) is 2.58. The molecule has 1 aromatic heterocycles. The van der Waals surface area contributed by atoms with Crippen molar-refractivity contribution < 1.29 is 0 Å². The number of hydrogen-bond donors (Lipinski definition) is 1. The van der Waals surface area contributed by atoms with Crippen LogP contribution >= 0.6 is 0 Å².